The Morgan fingerprint density at radius 1 is 1.26 bits per heavy atom. The first-order valence-corrected chi connectivity index (χ1v) is 13.3. The molecule has 0 spiro atoms. The zero-order valence-electron chi connectivity index (χ0n) is 13.8. The van der Waals surface area contributed by atoms with Crippen LogP contribution in [0.5, 0.6) is 0 Å². The van der Waals surface area contributed by atoms with Crippen LogP contribution in [-0.2, 0) is 8.10 Å². The van der Waals surface area contributed by atoms with Crippen LogP contribution in [0.15, 0.2) is 47.5 Å². The molecule has 1 aliphatic heterocycles. The molecule has 1 unspecified atom stereocenters. The summed E-state index contributed by atoms with van der Waals surface area (Å²) in [4.78, 5) is 29.0. The Balaban J connectivity index is 1.55. The molecule has 1 saturated heterocycles. The second-order valence-electron chi connectivity index (χ2n) is 5.83. The number of hydrogen-bond donors (Lipinski definition) is 2. The minimum atomic E-state index is -3.56. The number of benzene rings is 1. The van der Waals surface area contributed by atoms with Crippen molar-refractivity contribution < 1.29 is 23.1 Å². The van der Waals surface area contributed by atoms with Crippen molar-refractivity contribution in [3.63, 3.8) is 0 Å². The predicted molar refractivity (Wildman–Crippen MR) is 102 cm³/mol. The molecule has 8 nitrogen and oxygen atoms in total. The molecule has 27 heavy (non-hydrogen) atoms. The first-order chi connectivity index (χ1) is 12.8. The number of carboxylic acid groups (broad SMARTS) is 1. The molecule has 0 radical (unpaired) electrons. The normalized spacial score (nSPS) is 14.9. The number of carboxylic acids is 1. The average Bonchev–Trinajstić information content (AvgIpc) is 2.58. The predicted octanol–water partition coefficient (Wildman–Crippen LogP) is 1.16. The van der Waals surface area contributed by atoms with E-state index >= 15 is 0 Å². The van der Waals surface area contributed by atoms with Crippen LogP contribution in [0.3, 0.4) is 0 Å². The van der Waals surface area contributed by atoms with Crippen molar-refractivity contribution in [2.24, 2.45) is 0 Å². The number of nitrogens with one attached hydrogen (secondary N) is 1. The van der Waals surface area contributed by atoms with E-state index in [0.717, 1.165) is 0 Å². The molecule has 1 fully saturated rings. The fourth-order valence-corrected chi connectivity index (χ4v) is 7.67. The quantitative estimate of drug-likeness (QED) is 0.607. The van der Waals surface area contributed by atoms with Gasteiger partial charge in [-0.15, -0.1) is 0 Å². The van der Waals surface area contributed by atoms with Crippen molar-refractivity contribution >= 4 is 50.8 Å². The number of anilines is 1. The molecule has 2 heterocycles. The van der Waals surface area contributed by atoms with Crippen LogP contribution in [0.25, 0.3) is 0 Å². The Kier molecular flexibility index (Phi) is 5.74. The van der Waals surface area contributed by atoms with Crippen LogP contribution in [0.4, 0.5) is 10.6 Å². The van der Waals surface area contributed by atoms with Crippen LogP contribution in [0.1, 0.15) is 10.4 Å². The van der Waals surface area contributed by atoms with Crippen molar-refractivity contribution in [1.29, 1.82) is 0 Å². The van der Waals surface area contributed by atoms with Crippen LogP contribution in [0.2, 0.25) is 5.02 Å². The summed E-state index contributed by atoms with van der Waals surface area (Å²) in [6.45, 7) is 0.838. The van der Waals surface area contributed by atoms with E-state index in [-0.39, 0.29) is 21.5 Å². The van der Waals surface area contributed by atoms with Gasteiger partial charge in [0.1, 0.15) is 0 Å². The summed E-state index contributed by atoms with van der Waals surface area (Å²) in [6, 6.07) is 9.02. The van der Waals surface area contributed by atoms with Gasteiger partial charge in [-0.25, -0.2) is 0 Å². The fourth-order valence-electron chi connectivity index (χ4n) is 2.52. The number of nitrogens with zero attached hydrogens (tertiary/aromatic N) is 2. The summed E-state index contributed by atoms with van der Waals surface area (Å²) >= 11 is 4.15. The van der Waals surface area contributed by atoms with Crippen molar-refractivity contribution in [3.8, 4) is 0 Å². The Morgan fingerprint density at radius 3 is 2.52 bits per heavy atom. The second-order valence-corrected chi connectivity index (χ2v) is 13.5. The van der Waals surface area contributed by atoms with Gasteiger partial charge in [0.05, 0.1) is 0 Å². The monoisotopic (exact) mass is 471 g/mol. The van der Waals surface area contributed by atoms with Gasteiger partial charge in [-0.1, -0.05) is 0 Å². The number of carbonyl (C=O) groups excluding carboxylic acids is 1. The zero-order chi connectivity index (χ0) is 19.6. The molecule has 0 saturated carbocycles. The number of hydrogen-bond acceptors (Lipinski definition) is 6. The van der Waals surface area contributed by atoms with Gasteiger partial charge >= 0.3 is 166 Å². The third kappa shape index (κ3) is 4.61. The molecule has 1 atom stereocenters. The van der Waals surface area contributed by atoms with Gasteiger partial charge in [0.2, 0.25) is 0 Å². The van der Waals surface area contributed by atoms with Gasteiger partial charge in [0.25, 0.3) is 0 Å². The van der Waals surface area contributed by atoms with Crippen molar-refractivity contribution in [1.82, 2.24) is 10.3 Å². The summed E-state index contributed by atoms with van der Waals surface area (Å²) in [7, 11) is -3.56. The topological polar surface area (TPSA) is 117 Å². The number of aromatic carboxylic acids is 1. The maximum atomic E-state index is 12.3. The summed E-state index contributed by atoms with van der Waals surface area (Å²) < 4.78 is 24.1. The van der Waals surface area contributed by atoms with Crippen LogP contribution in [-0.4, -0.2) is 62.9 Å². The minimum absolute atomic E-state index is 0.00866. The molecule has 2 N–H and O–H groups in total. The van der Waals surface area contributed by atoms with Gasteiger partial charge in [-0.3, -0.25) is 0 Å². The van der Waals surface area contributed by atoms with E-state index in [4.69, 9.17) is 16.7 Å². The number of halogens is 1. The summed E-state index contributed by atoms with van der Waals surface area (Å²) in [5, 5.41) is 11.9. The number of aromatic nitrogens is 1. The Hall–Kier alpha value is -2.09. The maximum absolute atomic E-state index is 12.3. The van der Waals surface area contributed by atoms with Crippen LogP contribution in [0, 0.1) is 0 Å². The van der Waals surface area contributed by atoms with E-state index in [0.29, 0.717) is 18.9 Å². The Morgan fingerprint density at radius 2 is 1.93 bits per heavy atom. The van der Waals surface area contributed by atoms with Crippen LogP contribution >= 0.6 is 11.6 Å². The molecule has 1 aromatic carbocycles. The van der Waals surface area contributed by atoms with E-state index < -0.39 is 33.4 Å². The van der Waals surface area contributed by atoms with Gasteiger partial charge in [0, 0.05) is 0 Å². The molecule has 142 valence electrons. The molecular formula is C16H15AsClN3O5S. The SMILES string of the molecule is O=C(NC1CN(c2ncc(C(=O)O)cc2Cl)C1)[AsH]S(=O)(=O)c1ccccc1. The molecule has 1 amide bonds. The molecule has 1 aliphatic rings. The molecule has 11 heteroatoms. The first-order valence-electron chi connectivity index (χ1n) is 7.78. The standard InChI is InChI=1S/C16H15AsClN3O5S/c18-13-6-10(15(22)23)7-19-14(13)21-8-11(9-21)20-16(24)17-27(25,26)12-4-2-1-3-5-12/h1-7,11,17H,8-9H2,(H,20,24)(H,22,23). The number of rotatable bonds is 6. The van der Waals surface area contributed by atoms with E-state index in [9.17, 15) is 18.0 Å². The third-order valence-electron chi connectivity index (χ3n) is 3.87. The van der Waals surface area contributed by atoms with E-state index in [1.54, 1.807) is 23.1 Å². The summed E-state index contributed by atoms with van der Waals surface area (Å²) in [5.74, 6) is -0.686. The molecule has 1 aromatic heterocycles. The summed E-state index contributed by atoms with van der Waals surface area (Å²) in [6.07, 6.45) is 1.22. The van der Waals surface area contributed by atoms with E-state index in [1.807, 2.05) is 0 Å². The number of pyridine rings is 1. The Bertz CT molecular complexity index is 981. The molecular weight excluding hydrogens is 457 g/mol. The molecule has 0 aliphatic carbocycles. The number of carbonyl (C=O) groups is 2. The van der Waals surface area contributed by atoms with Crippen molar-refractivity contribution in [3.05, 3.63) is 53.2 Å². The van der Waals surface area contributed by atoms with E-state index in [1.165, 1.54) is 24.4 Å². The second kappa shape index (κ2) is 7.88. The Labute approximate surface area is 166 Å². The van der Waals surface area contributed by atoms with Gasteiger partial charge in [-0.05, 0) is 0 Å². The van der Waals surface area contributed by atoms with Crippen molar-refractivity contribution in [2.45, 2.75) is 10.9 Å². The fraction of sp³-hybridized carbons (Fsp3) is 0.188. The summed E-state index contributed by atoms with van der Waals surface area (Å²) in [5.41, 5.74) is -0.00866. The number of amides is 1. The van der Waals surface area contributed by atoms with Gasteiger partial charge < -0.3 is 0 Å². The van der Waals surface area contributed by atoms with Gasteiger partial charge in [-0.2, -0.15) is 0 Å². The molecule has 2 aromatic rings. The average molecular weight is 472 g/mol. The van der Waals surface area contributed by atoms with E-state index in [2.05, 4.69) is 10.3 Å². The van der Waals surface area contributed by atoms with Gasteiger partial charge in [0.15, 0.2) is 0 Å². The first kappa shape index (κ1) is 19.7. The molecule has 0 bridgehead atoms. The zero-order valence-corrected chi connectivity index (χ0v) is 17.5. The molecule has 3 rings (SSSR count). The third-order valence-corrected chi connectivity index (χ3v) is 10.1. The van der Waals surface area contributed by atoms with Crippen LogP contribution < -0.4 is 10.2 Å². The van der Waals surface area contributed by atoms with Crippen molar-refractivity contribution in [2.75, 3.05) is 18.0 Å².